The number of aromatic nitrogens is 2. The largest absolute Gasteiger partial charge is 0.455 e. The minimum absolute atomic E-state index is 0.216. The van der Waals surface area contributed by atoms with Crippen molar-refractivity contribution < 1.29 is 9.53 Å². The van der Waals surface area contributed by atoms with Gasteiger partial charge >= 0.3 is 0 Å². The summed E-state index contributed by atoms with van der Waals surface area (Å²) in [6.07, 6.45) is 7.64. The summed E-state index contributed by atoms with van der Waals surface area (Å²) in [5.41, 5.74) is 6.75. The highest BCUT2D eigenvalue weighted by Crippen LogP contribution is 2.53. The number of hydrogen-bond donors (Lipinski definition) is 1. The second kappa shape index (κ2) is 12.3. The summed E-state index contributed by atoms with van der Waals surface area (Å²) in [5, 5.41) is 0.0427. The maximum absolute atomic E-state index is 12.3. The zero-order valence-electron chi connectivity index (χ0n) is 32.1. The van der Waals surface area contributed by atoms with Crippen molar-refractivity contribution >= 4 is 119 Å². The number of hydrogen-bond acceptors (Lipinski definition) is 5. The third-order valence-corrected chi connectivity index (χ3v) is 13.0. The van der Waals surface area contributed by atoms with Gasteiger partial charge < -0.3 is 19.5 Å². The summed E-state index contributed by atoms with van der Waals surface area (Å²) in [4.78, 5) is 25.3. The molecule has 4 aromatic rings. The number of carbonyl (C=O) groups is 1. The lowest BCUT2D eigenvalue weighted by Crippen LogP contribution is -2.95. The number of piperazine rings is 1. The third kappa shape index (κ3) is 5.87. The molecule has 0 spiro atoms. The first-order valence-corrected chi connectivity index (χ1v) is 18.3. The Bertz CT molecular complexity index is 1970. The molecular formula is C33H45B10ClN4O2. The number of halogens is 1. The second-order valence-electron chi connectivity index (χ2n) is 17.8. The SMILES string of the molecule is BC(B)(C1=C(c2ccc(Cl)cc2)CC(C)(C)CC1)N1C(B)(B)C(B)(B)N(c2ccc(C=O)c(Oc3cnc4[nH]ccc4c3)c2)C(B)(B)C1(B)B. The Morgan fingerprint density at radius 2 is 1.54 bits per heavy atom. The van der Waals surface area contributed by atoms with E-state index in [2.05, 4.69) is 130 Å². The zero-order chi connectivity index (χ0) is 36.7. The molecule has 1 aliphatic heterocycles. The molecular weight excluding hydrogens is 628 g/mol. The molecule has 246 valence electrons. The lowest BCUT2D eigenvalue weighted by atomic mass is 9.24. The van der Waals surface area contributed by atoms with Gasteiger partial charge in [-0.05, 0) is 98.9 Å². The number of aldehydes is 1. The molecule has 0 radical (unpaired) electrons. The molecule has 1 saturated heterocycles. The van der Waals surface area contributed by atoms with Gasteiger partial charge in [-0.2, -0.15) is 0 Å². The van der Waals surface area contributed by atoms with E-state index in [9.17, 15) is 4.79 Å². The van der Waals surface area contributed by atoms with Crippen LogP contribution in [0.3, 0.4) is 0 Å². The molecule has 6 nitrogen and oxygen atoms in total. The predicted octanol–water partition coefficient (Wildman–Crippen LogP) is -2.79. The Hall–Kier alpha value is -2.96. The van der Waals surface area contributed by atoms with E-state index < -0.39 is 0 Å². The molecule has 50 heavy (non-hydrogen) atoms. The number of ether oxygens (including phenoxy) is 1. The van der Waals surface area contributed by atoms with Crippen molar-refractivity contribution in [2.75, 3.05) is 4.90 Å². The number of nitrogens with zero attached hydrogens (tertiary/aromatic N) is 3. The first-order chi connectivity index (χ1) is 23.1. The molecule has 0 amide bonds. The molecule has 2 aliphatic rings. The minimum Gasteiger partial charge on any atom is -0.455 e. The fourth-order valence-corrected chi connectivity index (χ4v) is 9.64. The van der Waals surface area contributed by atoms with Gasteiger partial charge in [0, 0.05) is 28.4 Å². The Kier molecular flexibility index (Phi) is 9.08. The Labute approximate surface area is 312 Å². The number of rotatable bonds is 7. The van der Waals surface area contributed by atoms with Gasteiger partial charge in [0.2, 0.25) is 0 Å². The van der Waals surface area contributed by atoms with Crippen LogP contribution in [-0.4, -0.2) is 126 Å². The fourth-order valence-electron chi connectivity index (χ4n) is 9.51. The molecule has 0 saturated carbocycles. The molecule has 0 bridgehead atoms. The van der Waals surface area contributed by atoms with Gasteiger partial charge in [0.05, 0.1) is 11.8 Å². The van der Waals surface area contributed by atoms with Crippen LogP contribution in [0.1, 0.15) is 49.0 Å². The first-order valence-electron chi connectivity index (χ1n) is 17.9. The standard InChI is InChI=1S/C33H45B10ClN4O2/c1-28(2)11-9-25(24(15-28)18-3-6-21(44)7-4-18)29(34,35)48-32(40,41)30(36,37)47(31(38,39)33(48,42)43)22-8-5-20(17-49)26(14-22)50-23-13-19-10-12-45-27(19)46-16-23/h3-8,10,12-14,16-17H,9,11,15,34-43H2,1-2H3,(H,45,46). The van der Waals surface area contributed by atoms with Crippen molar-refractivity contribution in [3.8, 4) is 11.5 Å². The highest BCUT2D eigenvalue weighted by atomic mass is 35.5. The number of anilines is 1. The van der Waals surface area contributed by atoms with Crippen LogP contribution in [0, 0.1) is 5.41 Å². The van der Waals surface area contributed by atoms with Crippen LogP contribution in [0.15, 0.2) is 72.6 Å². The van der Waals surface area contributed by atoms with Crippen molar-refractivity contribution in [3.05, 3.63) is 88.7 Å². The van der Waals surface area contributed by atoms with Gasteiger partial charge in [-0.25, -0.2) is 4.98 Å². The van der Waals surface area contributed by atoms with Crippen molar-refractivity contribution in [1.82, 2.24) is 14.9 Å². The van der Waals surface area contributed by atoms with Gasteiger partial charge in [0.1, 0.15) is 95.6 Å². The molecule has 0 unspecified atom stereocenters. The number of pyridine rings is 1. The summed E-state index contributed by atoms with van der Waals surface area (Å²) >= 11 is 6.38. The third-order valence-electron chi connectivity index (χ3n) is 12.8. The van der Waals surface area contributed by atoms with Crippen molar-refractivity contribution in [3.63, 3.8) is 0 Å². The summed E-state index contributed by atoms with van der Waals surface area (Å²) in [5.74, 6) is 1.10. The Morgan fingerprint density at radius 3 is 2.16 bits per heavy atom. The average molecular weight is 673 g/mol. The topological polar surface area (TPSA) is 61.5 Å². The van der Waals surface area contributed by atoms with Crippen molar-refractivity contribution in [2.45, 2.75) is 59.8 Å². The van der Waals surface area contributed by atoms with Gasteiger partial charge in [-0.3, -0.25) is 4.79 Å². The van der Waals surface area contributed by atoms with E-state index in [4.69, 9.17) is 16.3 Å². The van der Waals surface area contributed by atoms with E-state index in [0.717, 1.165) is 47.3 Å². The molecule has 1 fully saturated rings. The normalized spacial score (nSPS) is 21.1. The number of nitrogens with one attached hydrogen (secondary N) is 1. The highest BCUT2D eigenvalue weighted by molar-refractivity contribution is 6.63. The number of H-pyrrole nitrogens is 1. The average Bonchev–Trinajstić information content (AvgIpc) is 3.48. The first kappa shape index (κ1) is 36.8. The van der Waals surface area contributed by atoms with Crippen LogP contribution in [0.4, 0.5) is 5.69 Å². The van der Waals surface area contributed by atoms with Crippen LogP contribution in [0.2, 0.25) is 5.02 Å². The summed E-state index contributed by atoms with van der Waals surface area (Å²) in [6.45, 7) is 4.79. The number of carbonyl (C=O) groups excluding carboxylic acids is 1. The molecule has 0 atom stereocenters. The Morgan fingerprint density at radius 1 is 0.900 bits per heavy atom. The quantitative estimate of drug-likeness (QED) is 0.170. The summed E-state index contributed by atoms with van der Waals surface area (Å²) in [7, 11) is 24.0. The number of aromatic amines is 1. The van der Waals surface area contributed by atoms with Crippen molar-refractivity contribution in [2.24, 2.45) is 5.41 Å². The van der Waals surface area contributed by atoms with Crippen LogP contribution in [0.25, 0.3) is 16.6 Å². The van der Waals surface area contributed by atoms with Crippen LogP contribution in [0.5, 0.6) is 11.5 Å². The molecule has 17 heteroatoms. The molecule has 3 heterocycles. The minimum atomic E-state index is -0.371. The smallest absolute Gasteiger partial charge is 0.153 e. The van der Waals surface area contributed by atoms with Crippen LogP contribution < -0.4 is 9.64 Å². The number of fused-ring (bicyclic) bond motifs is 1. The zero-order valence-corrected chi connectivity index (χ0v) is 32.8. The maximum atomic E-state index is 12.3. The van der Waals surface area contributed by atoms with E-state index in [-0.39, 0.29) is 32.1 Å². The lowest BCUT2D eigenvalue weighted by Gasteiger charge is -2.78. The fraction of sp³-hybridized carbons (Fsp3) is 0.333. The van der Waals surface area contributed by atoms with E-state index in [1.807, 2.05) is 42.6 Å². The van der Waals surface area contributed by atoms with Crippen LogP contribution >= 0.6 is 11.6 Å². The second-order valence-corrected chi connectivity index (χ2v) is 18.2. The number of allylic oxidation sites excluding steroid dienone is 1. The highest BCUT2D eigenvalue weighted by Gasteiger charge is 2.64. The van der Waals surface area contributed by atoms with Crippen molar-refractivity contribution in [1.29, 1.82) is 0 Å². The van der Waals surface area contributed by atoms with E-state index in [1.165, 1.54) is 16.7 Å². The monoisotopic (exact) mass is 674 g/mol. The van der Waals surface area contributed by atoms with E-state index in [1.54, 1.807) is 6.20 Å². The summed E-state index contributed by atoms with van der Waals surface area (Å²) < 4.78 is 6.42. The summed E-state index contributed by atoms with van der Waals surface area (Å²) in [6, 6.07) is 18.4. The van der Waals surface area contributed by atoms with Gasteiger partial charge in [-0.15, -0.1) is 0 Å². The van der Waals surface area contributed by atoms with Gasteiger partial charge in [-0.1, -0.05) is 43.2 Å². The molecule has 6 rings (SSSR count). The molecule has 1 aliphatic carbocycles. The molecule has 1 N–H and O–H groups in total. The predicted molar refractivity (Wildman–Crippen MR) is 237 cm³/mol. The molecule has 2 aromatic heterocycles. The van der Waals surface area contributed by atoms with Crippen LogP contribution in [-0.2, 0) is 0 Å². The lowest BCUT2D eigenvalue weighted by molar-refractivity contribution is 0.0842. The Balaban J connectivity index is 1.47. The van der Waals surface area contributed by atoms with Gasteiger partial charge in [0.15, 0.2) is 6.29 Å². The maximum Gasteiger partial charge on any atom is 0.153 e. The molecule has 2 aromatic carbocycles. The van der Waals surface area contributed by atoms with E-state index >= 15 is 0 Å². The van der Waals surface area contributed by atoms with Gasteiger partial charge in [0.25, 0.3) is 0 Å². The van der Waals surface area contributed by atoms with E-state index in [0.29, 0.717) is 17.1 Å². The number of benzene rings is 2.